The van der Waals surface area contributed by atoms with Crippen LogP contribution in [-0.4, -0.2) is 44.0 Å². The maximum Gasteiger partial charge on any atom is 0.251 e. The normalized spacial score (nSPS) is 15.6. The zero-order valence-corrected chi connectivity index (χ0v) is 18.6. The van der Waals surface area contributed by atoms with Crippen molar-refractivity contribution in [3.63, 3.8) is 0 Å². The van der Waals surface area contributed by atoms with E-state index >= 15 is 0 Å². The molecular formula is C22H25ClN2O4S. The van der Waals surface area contributed by atoms with E-state index in [1.165, 1.54) is 29.2 Å². The predicted octanol–water partition coefficient (Wildman–Crippen LogP) is 3.44. The minimum Gasteiger partial charge on any atom is -0.355 e. The van der Waals surface area contributed by atoms with E-state index in [0.29, 0.717) is 36.3 Å². The van der Waals surface area contributed by atoms with Crippen molar-refractivity contribution in [3.8, 4) is 0 Å². The van der Waals surface area contributed by atoms with Crippen molar-refractivity contribution in [2.75, 3.05) is 14.1 Å². The first kappa shape index (κ1) is 22.3. The number of halogens is 1. The number of nitrogens with zero attached hydrogens (tertiary/aromatic N) is 1. The second kappa shape index (κ2) is 8.78. The smallest absolute Gasteiger partial charge is 0.251 e. The summed E-state index contributed by atoms with van der Waals surface area (Å²) in [6.07, 6.45) is 1.98. The lowest BCUT2D eigenvalue weighted by Gasteiger charge is -2.32. The summed E-state index contributed by atoms with van der Waals surface area (Å²) in [4.78, 5) is 26.7. The van der Waals surface area contributed by atoms with Gasteiger partial charge in [-0.2, -0.15) is 0 Å². The van der Waals surface area contributed by atoms with E-state index in [1.54, 1.807) is 38.4 Å². The molecule has 0 saturated heterocycles. The van der Waals surface area contributed by atoms with E-state index in [2.05, 4.69) is 5.32 Å². The summed E-state index contributed by atoms with van der Waals surface area (Å²) in [6, 6.07) is 12.9. The Morgan fingerprint density at radius 3 is 2.13 bits per heavy atom. The molecule has 2 amide bonds. The van der Waals surface area contributed by atoms with Gasteiger partial charge in [-0.1, -0.05) is 36.6 Å². The number of sulfone groups is 1. The van der Waals surface area contributed by atoms with Crippen molar-refractivity contribution in [3.05, 3.63) is 64.7 Å². The highest BCUT2D eigenvalue weighted by atomic mass is 35.5. The fourth-order valence-electron chi connectivity index (χ4n) is 3.98. The topological polar surface area (TPSA) is 83.6 Å². The molecule has 1 aliphatic carbocycles. The van der Waals surface area contributed by atoms with Gasteiger partial charge in [-0.05, 0) is 54.8 Å². The third kappa shape index (κ3) is 4.09. The zero-order chi connectivity index (χ0) is 21.9. The SMILES string of the molecule is CNC(=O)c1ccc(CN(C)C(=O)C2(S(=O)(=O)c3ccc(Cl)cc3)CCCC2)cc1. The highest BCUT2D eigenvalue weighted by Gasteiger charge is 2.53. The summed E-state index contributed by atoms with van der Waals surface area (Å²) in [6.45, 7) is 0.255. The van der Waals surface area contributed by atoms with Crippen LogP contribution in [0.15, 0.2) is 53.4 Å². The van der Waals surface area contributed by atoms with Gasteiger partial charge >= 0.3 is 0 Å². The van der Waals surface area contributed by atoms with Crippen molar-refractivity contribution in [2.24, 2.45) is 0 Å². The van der Waals surface area contributed by atoms with Crippen LogP contribution in [0, 0.1) is 0 Å². The maximum atomic E-state index is 13.5. The standard InChI is InChI=1S/C22H25ClN2O4S/c1-24-20(26)17-7-5-16(6-8-17)15-25(2)21(27)22(13-3-4-14-22)30(28,29)19-11-9-18(23)10-12-19/h5-12H,3-4,13-15H2,1-2H3,(H,24,26). The number of hydrogen-bond acceptors (Lipinski definition) is 4. The number of hydrogen-bond donors (Lipinski definition) is 1. The molecule has 0 bridgehead atoms. The van der Waals surface area contributed by atoms with Crippen molar-refractivity contribution in [1.29, 1.82) is 0 Å². The fourth-order valence-corrected chi connectivity index (χ4v) is 6.27. The lowest BCUT2D eigenvalue weighted by Crippen LogP contribution is -2.50. The van der Waals surface area contributed by atoms with Crippen molar-refractivity contribution >= 4 is 33.3 Å². The summed E-state index contributed by atoms with van der Waals surface area (Å²) < 4.78 is 25.5. The van der Waals surface area contributed by atoms with Crippen LogP contribution >= 0.6 is 11.6 Å². The van der Waals surface area contributed by atoms with Gasteiger partial charge in [0.2, 0.25) is 5.91 Å². The third-order valence-electron chi connectivity index (χ3n) is 5.65. The van der Waals surface area contributed by atoms with Gasteiger partial charge < -0.3 is 10.2 Å². The summed E-state index contributed by atoms with van der Waals surface area (Å²) in [7, 11) is -0.700. The molecule has 160 valence electrons. The second-order valence-electron chi connectivity index (χ2n) is 7.60. The molecule has 0 aromatic heterocycles. The Kier molecular flexibility index (Phi) is 6.53. The van der Waals surface area contributed by atoms with E-state index in [-0.39, 0.29) is 17.3 Å². The lowest BCUT2D eigenvalue weighted by atomic mass is 10.0. The van der Waals surface area contributed by atoms with Crippen LogP contribution in [0.4, 0.5) is 0 Å². The molecule has 2 aromatic rings. The number of carbonyl (C=O) groups is 2. The quantitative estimate of drug-likeness (QED) is 0.733. The fraction of sp³-hybridized carbons (Fsp3) is 0.364. The zero-order valence-electron chi connectivity index (χ0n) is 17.0. The van der Waals surface area contributed by atoms with Crippen LogP contribution in [0.1, 0.15) is 41.6 Å². The Morgan fingerprint density at radius 1 is 1.03 bits per heavy atom. The average molecular weight is 449 g/mol. The molecule has 0 heterocycles. The Morgan fingerprint density at radius 2 is 1.60 bits per heavy atom. The highest BCUT2D eigenvalue weighted by Crippen LogP contribution is 2.42. The number of nitrogens with one attached hydrogen (secondary N) is 1. The van der Waals surface area contributed by atoms with Gasteiger partial charge in [0.15, 0.2) is 14.6 Å². The first-order valence-corrected chi connectivity index (χ1v) is 11.6. The van der Waals surface area contributed by atoms with Crippen LogP contribution in [-0.2, 0) is 21.2 Å². The van der Waals surface area contributed by atoms with E-state index < -0.39 is 20.5 Å². The first-order chi connectivity index (χ1) is 14.2. The molecule has 6 nitrogen and oxygen atoms in total. The number of rotatable bonds is 6. The molecule has 1 aliphatic rings. The summed E-state index contributed by atoms with van der Waals surface area (Å²) in [5.41, 5.74) is 1.34. The Hall–Kier alpha value is -2.38. The Bertz CT molecular complexity index is 1030. The van der Waals surface area contributed by atoms with Crippen LogP contribution < -0.4 is 5.32 Å². The predicted molar refractivity (Wildman–Crippen MR) is 116 cm³/mol. The van der Waals surface area contributed by atoms with Gasteiger partial charge in [0.25, 0.3) is 5.91 Å². The molecule has 1 fully saturated rings. The molecule has 0 unspecified atom stereocenters. The highest BCUT2D eigenvalue weighted by molar-refractivity contribution is 7.93. The molecule has 0 atom stereocenters. The van der Waals surface area contributed by atoms with Gasteiger partial charge in [-0.15, -0.1) is 0 Å². The van der Waals surface area contributed by atoms with Crippen LogP contribution in [0.2, 0.25) is 5.02 Å². The minimum absolute atomic E-state index is 0.116. The average Bonchev–Trinajstić information content (AvgIpc) is 3.25. The molecule has 30 heavy (non-hydrogen) atoms. The van der Waals surface area contributed by atoms with Crippen molar-refractivity contribution in [2.45, 2.75) is 41.9 Å². The van der Waals surface area contributed by atoms with Gasteiger partial charge in [0.05, 0.1) is 4.90 Å². The molecule has 1 N–H and O–H groups in total. The van der Waals surface area contributed by atoms with Gasteiger partial charge in [-0.3, -0.25) is 9.59 Å². The molecule has 0 aliphatic heterocycles. The maximum absolute atomic E-state index is 13.5. The first-order valence-electron chi connectivity index (χ1n) is 9.78. The van der Waals surface area contributed by atoms with Gasteiger partial charge in [0.1, 0.15) is 0 Å². The van der Waals surface area contributed by atoms with Gasteiger partial charge in [0, 0.05) is 31.2 Å². The van der Waals surface area contributed by atoms with E-state index in [1.807, 2.05) is 0 Å². The third-order valence-corrected chi connectivity index (χ3v) is 8.41. The minimum atomic E-state index is -3.88. The molecule has 8 heteroatoms. The summed E-state index contributed by atoms with van der Waals surface area (Å²) in [5, 5.41) is 3.00. The molecule has 2 aromatic carbocycles. The molecular weight excluding hydrogens is 424 g/mol. The van der Waals surface area contributed by atoms with Crippen LogP contribution in [0.5, 0.6) is 0 Å². The summed E-state index contributed by atoms with van der Waals surface area (Å²) >= 11 is 5.90. The Labute approximate surface area is 182 Å². The van der Waals surface area contributed by atoms with Crippen LogP contribution in [0.3, 0.4) is 0 Å². The summed E-state index contributed by atoms with van der Waals surface area (Å²) in [5.74, 6) is -0.588. The van der Waals surface area contributed by atoms with Crippen LogP contribution in [0.25, 0.3) is 0 Å². The van der Waals surface area contributed by atoms with Gasteiger partial charge in [-0.25, -0.2) is 8.42 Å². The number of amides is 2. The Balaban J connectivity index is 1.86. The van der Waals surface area contributed by atoms with Crippen molar-refractivity contribution < 1.29 is 18.0 Å². The van der Waals surface area contributed by atoms with E-state index in [9.17, 15) is 18.0 Å². The molecule has 1 saturated carbocycles. The number of carbonyl (C=O) groups excluding carboxylic acids is 2. The van der Waals surface area contributed by atoms with Crippen molar-refractivity contribution in [1.82, 2.24) is 10.2 Å². The molecule has 0 spiro atoms. The molecule has 3 rings (SSSR count). The monoisotopic (exact) mass is 448 g/mol. The molecule has 0 radical (unpaired) electrons. The van der Waals surface area contributed by atoms with E-state index in [4.69, 9.17) is 11.6 Å². The van der Waals surface area contributed by atoms with E-state index in [0.717, 1.165) is 5.56 Å². The largest absolute Gasteiger partial charge is 0.355 e. The number of benzene rings is 2. The lowest BCUT2D eigenvalue weighted by molar-refractivity contribution is -0.133. The second-order valence-corrected chi connectivity index (χ2v) is 10.3.